The first kappa shape index (κ1) is 21.6. The summed E-state index contributed by atoms with van der Waals surface area (Å²) in [5, 5.41) is 0. The largest absolute Gasteiger partial charge is 0.465 e. The molecule has 0 atom stereocenters. The number of benzene rings is 3. The summed E-state index contributed by atoms with van der Waals surface area (Å²) in [5.74, 6) is -1.21. The lowest BCUT2D eigenvalue weighted by molar-refractivity contribution is -0.161. The molecule has 0 spiro atoms. The van der Waals surface area contributed by atoms with E-state index >= 15 is 0 Å². The van der Waals surface area contributed by atoms with Crippen LogP contribution in [-0.2, 0) is 30.9 Å². The van der Waals surface area contributed by atoms with Gasteiger partial charge in [-0.3, -0.25) is 9.59 Å². The van der Waals surface area contributed by atoms with Gasteiger partial charge >= 0.3 is 11.9 Å². The molecule has 3 aromatic carbocycles. The third-order valence-electron chi connectivity index (χ3n) is 5.78. The van der Waals surface area contributed by atoms with Crippen LogP contribution in [0.3, 0.4) is 0 Å². The first-order valence-corrected chi connectivity index (χ1v) is 10.9. The van der Waals surface area contributed by atoms with Crippen molar-refractivity contribution in [3.05, 3.63) is 107 Å². The van der Waals surface area contributed by atoms with E-state index in [9.17, 15) is 9.59 Å². The Morgan fingerprint density at radius 3 is 1.84 bits per heavy atom. The molecule has 0 saturated carbocycles. The molecule has 0 unspecified atom stereocenters. The highest BCUT2D eigenvalue weighted by atomic mass is 16.6. The Labute approximate surface area is 188 Å². The smallest absolute Gasteiger partial charge is 0.332 e. The first-order valence-electron chi connectivity index (χ1n) is 10.9. The Morgan fingerprint density at radius 1 is 0.719 bits per heavy atom. The quantitative estimate of drug-likeness (QED) is 0.384. The number of ether oxygens (including phenoxy) is 2. The molecule has 4 rings (SSSR count). The zero-order valence-corrected chi connectivity index (χ0v) is 18.3. The van der Waals surface area contributed by atoms with E-state index in [1.807, 2.05) is 84.9 Å². The van der Waals surface area contributed by atoms with Crippen LogP contribution in [0.2, 0.25) is 0 Å². The standard InChI is InChI=1S/C28H26O4/c1-3-31-26(29)28(27(30)32-4-2)24-18-12-11-17-22(24)23(19-20-13-7-5-8-14-20)25(28)21-15-9-6-10-16-21/h5-18H,3-4,19H2,1-2H3. The van der Waals surface area contributed by atoms with E-state index in [4.69, 9.17) is 9.47 Å². The number of esters is 2. The summed E-state index contributed by atoms with van der Waals surface area (Å²) in [6, 6.07) is 27.2. The van der Waals surface area contributed by atoms with Crippen LogP contribution in [-0.4, -0.2) is 25.2 Å². The fourth-order valence-electron chi connectivity index (χ4n) is 4.53. The second-order valence-electron chi connectivity index (χ2n) is 7.62. The second kappa shape index (κ2) is 9.23. The number of carbonyl (C=O) groups is 2. The van der Waals surface area contributed by atoms with Gasteiger partial charge in [-0.1, -0.05) is 84.9 Å². The number of hydrogen-bond acceptors (Lipinski definition) is 4. The van der Waals surface area contributed by atoms with Crippen LogP contribution in [0.25, 0.3) is 11.1 Å². The summed E-state index contributed by atoms with van der Waals surface area (Å²) in [6.45, 7) is 3.82. The zero-order valence-electron chi connectivity index (χ0n) is 18.3. The molecule has 3 aromatic rings. The van der Waals surface area contributed by atoms with Crippen molar-refractivity contribution in [3.63, 3.8) is 0 Å². The van der Waals surface area contributed by atoms with E-state index in [0.29, 0.717) is 17.6 Å². The predicted octanol–water partition coefficient (Wildman–Crippen LogP) is 5.22. The average molecular weight is 427 g/mol. The molecule has 162 valence electrons. The molecule has 0 fully saturated rings. The minimum absolute atomic E-state index is 0.165. The fourth-order valence-corrected chi connectivity index (χ4v) is 4.53. The third kappa shape index (κ3) is 3.52. The molecule has 0 aliphatic heterocycles. The second-order valence-corrected chi connectivity index (χ2v) is 7.62. The van der Waals surface area contributed by atoms with Gasteiger partial charge in [0.05, 0.1) is 13.2 Å². The summed E-state index contributed by atoms with van der Waals surface area (Å²) >= 11 is 0. The predicted molar refractivity (Wildman–Crippen MR) is 125 cm³/mol. The van der Waals surface area contributed by atoms with Crippen molar-refractivity contribution < 1.29 is 19.1 Å². The van der Waals surface area contributed by atoms with Gasteiger partial charge in [-0.2, -0.15) is 0 Å². The minimum atomic E-state index is -1.67. The van der Waals surface area contributed by atoms with Crippen molar-refractivity contribution in [2.75, 3.05) is 13.2 Å². The Kier molecular flexibility index (Phi) is 6.22. The molecule has 32 heavy (non-hydrogen) atoms. The van der Waals surface area contributed by atoms with Crippen molar-refractivity contribution in [2.45, 2.75) is 25.7 Å². The molecule has 0 bridgehead atoms. The van der Waals surface area contributed by atoms with Gasteiger partial charge in [0.1, 0.15) is 0 Å². The van der Waals surface area contributed by atoms with Gasteiger partial charge in [0.15, 0.2) is 0 Å². The maximum absolute atomic E-state index is 13.7. The number of allylic oxidation sites excluding steroid dienone is 1. The van der Waals surface area contributed by atoms with Gasteiger partial charge in [-0.05, 0) is 53.7 Å². The number of hydrogen-bond donors (Lipinski definition) is 0. The van der Waals surface area contributed by atoms with Crippen LogP contribution in [0.5, 0.6) is 0 Å². The third-order valence-corrected chi connectivity index (χ3v) is 5.78. The minimum Gasteiger partial charge on any atom is -0.465 e. The molecule has 0 amide bonds. The average Bonchev–Trinajstić information content (AvgIpc) is 3.12. The molecule has 0 heterocycles. The van der Waals surface area contributed by atoms with Gasteiger partial charge in [-0.15, -0.1) is 0 Å². The van der Waals surface area contributed by atoms with Crippen molar-refractivity contribution in [2.24, 2.45) is 0 Å². The summed E-state index contributed by atoms with van der Waals surface area (Å²) in [6.07, 6.45) is 0.572. The van der Waals surface area contributed by atoms with Crippen LogP contribution in [0.1, 0.15) is 36.1 Å². The Hall–Kier alpha value is -3.66. The lowest BCUT2D eigenvalue weighted by Gasteiger charge is -2.29. The van der Waals surface area contributed by atoms with Gasteiger partial charge in [-0.25, -0.2) is 0 Å². The van der Waals surface area contributed by atoms with E-state index in [1.54, 1.807) is 13.8 Å². The van der Waals surface area contributed by atoms with E-state index in [0.717, 1.165) is 22.3 Å². The highest BCUT2D eigenvalue weighted by Crippen LogP contribution is 2.53. The molecule has 4 nitrogen and oxygen atoms in total. The normalized spacial score (nSPS) is 14.1. The fraction of sp³-hybridized carbons (Fsp3) is 0.214. The summed E-state index contributed by atoms with van der Waals surface area (Å²) in [7, 11) is 0. The Bertz CT molecular complexity index is 1130. The maximum atomic E-state index is 13.7. The van der Waals surface area contributed by atoms with E-state index in [2.05, 4.69) is 0 Å². The SMILES string of the molecule is CCOC(=O)C1(C(=O)OCC)C(c2ccccc2)=C(Cc2ccccc2)c2ccccc21. The van der Waals surface area contributed by atoms with Gasteiger partial charge in [0.2, 0.25) is 5.41 Å². The van der Waals surface area contributed by atoms with E-state index in [1.165, 1.54) is 0 Å². The number of rotatable bonds is 7. The van der Waals surface area contributed by atoms with Gasteiger partial charge in [0, 0.05) is 0 Å². The molecular formula is C28H26O4. The number of carbonyl (C=O) groups excluding carboxylic acids is 2. The molecule has 0 N–H and O–H groups in total. The van der Waals surface area contributed by atoms with Crippen molar-refractivity contribution in [1.82, 2.24) is 0 Å². The first-order chi connectivity index (χ1) is 15.6. The summed E-state index contributed by atoms with van der Waals surface area (Å²) in [5.41, 5.74) is 3.27. The van der Waals surface area contributed by atoms with Crippen molar-refractivity contribution in [3.8, 4) is 0 Å². The Morgan fingerprint density at radius 2 is 1.25 bits per heavy atom. The van der Waals surface area contributed by atoms with Crippen molar-refractivity contribution >= 4 is 23.1 Å². The topological polar surface area (TPSA) is 52.6 Å². The van der Waals surface area contributed by atoms with Crippen molar-refractivity contribution in [1.29, 1.82) is 0 Å². The van der Waals surface area contributed by atoms with Crippen LogP contribution in [0.4, 0.5) is 0 Å². The molecule has 1 aliphatic rings. The molecule has 0 saturated heterocycles. The monoisotopic (exact) mass is 426 g/mol. The lowest BCUT2D eigenvalue weighted by atomic mass is 9.74. The number of fused-ring (bicyclic) bond motifs is 1. The van der Waals surface area contributed by atoms with E-state index in [-0.39, 0.29) is 13.2 Å². The maximum Gasteiger partial charge on any atom is 0.332 e. The Balaban J connectivity index is 2.07. The zero-order chi connectivity index (χ0) is 22.6. The van der Waals surface area contributed by atoms with Crippen LogP contribution >= 0.6 is 0 Å². The highest BCUT2D eigenvalue weighted by Gasteiger charge is 2.59. The lowest BCUT2D eigenvalue weighted by Crippen LogP contribution is -2.46. The summed E-state index contributed by atoms with van der Waals surface area (Å²) < 4.78 is 11.1. The molecule has 0 radical (unpaired) electrons. The molecule has 0 aromatic heterocycles. The van der Waals surface area contributed by atoms with Crippen LogP contribution in [0, 0.1) is 0 Å². The summed E-state index contributed by atoms with van der Waals surface area (Å²) in [4.78, 5) is 27.3. The molecule has 4 heteroatoms. The molecular weight excluding hydrogens is 400 g/mol. The van der Waals surface area contributed by atoms with Gasteiger partial charge in [0.25, 0.3) is 0 Å². The van der Waals surface area contributed by atoms with E-state index < -0.39 is 17.4 Å². The molecule has 1 aliphatic carbocycles. The van der Waals surface area contributed by atoms with Crippen LogP contribution in [0.15, 0.2) is 84.9 Å². The van der Waals surface area contributed by atoms with Crippen LogP contribution < -0.4 is 0 Å². The highest BCUT2D eigenvalue weighted by molar-refractivity contribution is 6.26. The van der Waals surface area contributed by atoms with Gasteiger partial charge < -0.3 is 9.47 Å².